The highest BCUT2D eigenvalue weighted by molar-refractivity contribution is 6.31. The van der Waals surface area contributed by atoms with Crippen molar-refractivity contribution in [1.82, 2.24) is 10.6 Å². The molecule has 1 aliphatic rings. The predicted molar refractivity (Wildman–Crippen MR) is 83.4 cm³/mol. The lowest BCUT2D eigenvalue weighted by molar-refractivity contribution is -0.132. The topological polar surface area (TPSA) is 61.4 Å². The van der Waals surface area contributed by atoms with Crippen LogP contribution < -0.4 is 15.5 Å². The second-order valence-electron chi connectivity index (χ2n) is 4.98. The molecule has 21 heavy (non-hydrogen) atoms. The van der Waals surface area contributed by atoms with Crippen LogP contribution in [0, 0.1) is 0 Å². The highest BCUT2D eigenvalue weighted by atomic mass is 35.5. The second-order valence-corrected chi connectivity index (χ2v) is 5.39. The molecular formula is C15H20ClN3O2. The molecule has 114 valence electrons. The number of amides is 2. The normalized spacial score (nSPS) is 18.8. The van der Waals surface area contributed by atoms with E-state index in [-0.39, 0.29) is 24.4 Å². The minimum absolute atomic E-state index is 0.170. The van der Waals surface area contributed by atoms with E-state index < -0.39 is 0 Å². The van der Waals surface area contributed by atoms with E-state index in [1.54, 1.807) is 0 Å². The standard InChI is InChI=1S/C15H20ClN3O2/c1-3-12-15(21)18-14(20)9-19(12)13-7-5-6-11(16)10(13)8-17-4-2/h5-7,12,17H,3-4,8-9H2,1-2H3,(H,18,20,21). The summed E-state index contributed by atoms with van der Waals surface area (Å²) in [6, 6.07) is 5.23. The molecule has 0 saturated carbocycles. The first-order valence-corrected chi connectivity index (χ1v) is 7.54. The van der Waals surface area contributed by atoms with Gasteiger partial charge in [0.1, 0.15) is 6.04 Å². The minimum Gasteiger partial charge on any atom is -0.350 e. The van der Waals surface area contributed by atoms with Gasteiger partial charge in [-0.3, -0.25) is 14.9 Å². The largest absolute Gasteiger partial charge is 0.350 e. The van der Waals surface area contributed by atoms with E-state index in [1.807, 2.05) is 36.9 Å². The molecule has 5 nitrogen and oxygen atoms in total. The molecule has 2 rings (SSSR count). The number of hydrogen-bond donors (Lipinski definition) is 2. The van der Waals surface area contributed by atoms with Gasteiger partial charge in [-0.15, -0.1) is 0 Å². The first kappa shape index (κ1) is 15.8. The average molecular weight is 310 g/mol. The monoisotopic (exact) mass is 309 g/mol. The Morgan fingerprint density at radius 2 is 2.14 bits per heavy atom. The summed E-state index contributed by atoms with van der Waals surface area (Å²) in [4.78, 5) is 25.6. The number of anilines is 1. The Morgan fingerprint density at radius 1 is 1.38 bits per heavy atom. The van der Waals surface area contributed by atoms with Gasteiger partial charge in [-0.2, -0.15) is 0 Å². The van der Waals surface area contributed by atoms with Gasteiger partial charge in [-0.25, -0.2) is 0 Å². The van der Waals surface area contributed by atoms with Crippen LogP contribution in [0.3, 0.4) is 0 Å². The number of carbonyl (C=O) groups excluding carboxylic acids is 2. The molecular weight excluding hydrogens is 290 g/mol. The number of hydrogen-bond acceptors (Lipinski definition) is 4. The molecule has 1 aliphatic heterocycles. The summed E-state index contributed by atoms with van der Waals surface area (Å²) < 4.78 is 0. The maximum absolute atomic E-state index is 12.0. The molecule has 2 N–H and O–H groups in total. The summed E-state index contributed by atoms with van der Waals surface area (Å²) in [5.41, 5.74) is 1.76. The number of halogens is 1. The van der Waals surface area contributed by atoms with E-state index in [9.17, 15) is 9.59 Å². The van der Waals surface area contributed by atoms with Gasteiger partial charge in [0.2, 0.25) is 11.8 Å². The zero-order valence-corrected chi connectivity index (χ0v) is 13.0. The van der Waals surface area contributed by atoms with Crippen LogP contribution in [0.25, 0.3) is 0 Å². The Labute approximate surface area is 129 Å². The molecule has 1 saturated heterocycles. The van der Waals surface area contributed by atoms with Crippen molar-refractivity contribution in [2.75, 3.05) is 18.0 Å². The van der Waals surface area contributed by atoms with Crippen molar-refractivity contribution in [1.29, 1.82) is 0 Å². The SMILES string of the molecule is CCNCc1c(Cl)cccc1N1CC(=O)NC(=O)C1CC. The summed E-state index contributed by atoms with van der Waals surface area (Å²) in [6.07, 6.45) is 0.631. The van der Waals surface area contributed by atoms with E-state index in [4.69, 9.17) is 11.6 Å². The van der Waals surface area contributed by atoms with Crippen molar-refractivity contribution in [3.63, 3.8) is 0 Å². The molecule has 2 amide bonds. The van der Waals surface area contributed by atoms with Gasteiger partial charge in [0.05, 0.1) is 6.54 Å². The van der Waals surface area contributed by atoms with Crippen LogP contribution >= 0.6 is 11.6 Å². The van der Waals surface area contributed by atoms with Crippen LogP contribution in [0.1, 0.15) is 25.8 Å². The molecule has 0 bridgehead atoms. The quantitative estimate of drug-likeness (QED) is 0.813. The summed E-state index contributed by atoms with van der Waals surface area (Å²) in [5, 5.41) is 6.27. The van der Waals surface area contributed by atoms with Gasteiger partial charge in [0.15, 0.2) is 0 Å². The molecule has 1 atom stereocenters. The highest BCUT2D eigenvalue weighted by Gasteiger charge is 2.33. The Bertz CT molecular complexity index is 548. The van der Waals surface area contributed by atoms with Gasteiger partial charge in [0.25, 0.3) is 0 Å². The van der Waals surface area contributed by atoms with Gasteiger partial charge < -0.3 is 10.2 Å². The van der Waals surface area contributed by atoms with Crippen LogP contribution in [-0.4, -0.2) is 30.9 Å². The zero-order valence-electron chi connectivity index (χ0n) is 12.3. The Morgan fingerprint density at radius 3 is 2.81 bits per heavy atom. The molecule has 0 aromatic heterocycles. The van der Waals surface area contributed by atoms with E-state index in [0.29, 0.717) is 18.0 Å². The maximum Gasteiger partial charge on any atom is 0.249 e. The van der Waals surface area contributed by atoms with Gasteiger partial charge >= 0.3 is 0 Å². The van der Waals surface area contributed by atoms with Crippen molar-refractivity contribution in [2.45, 2.75) is 32.9 Å². The van der Waals surface area contributed by atoms with Crippen molar-refractivity contribution < 1.29 is 9.59 Å². The first-order chi connectivity index (χ1) is 10.1. The number of benzene rings is 1. The van der Waals surface area contributed by atoms with Crippen LogP contribution in [0.2, 0.25) is 5.02 Å². The number of carbonyl (C=O) groups is 2. The number of piperazine rings is 1. The second kappa shape index (κ2) is 6.91. The van der Waals surface area contributed by atoms with Crippen LogP contribution in [-0.2, 0) is 16.1 Å². The summed E-state index contributed by atoms with van der Waals surface area (Å²) >= 11 is 6.30. The third-order valence-electron chi connectivity index (χ3n) is 3.60. The molecule has 1 heterocycles. The number of nitrogens with zero attached hydrogens (tertiary/aromatic N) is 1. The molecule has 0 radical (unpaired) electrons. The fourth-order valence-corrected chi connectivity index (χ4v) is 2.80. The molecule has 1 aromatic carbocycles. The lowest BCUT2D eigenvalue weighted by Gasteiger charge is -2.36. The number of imide groups is 1. The number of rotatable bonds is 5. The third kappa shape index (κ3) is 3.36. The lowest BCUT2D eigenvalue weighted by atomic mass is 10.0. The first-order valence-electron chi connectivity index (χ1n) is 7.16. The molecule has 1 aromatic rings. The van der Waals surface area contributed by atoms with E-state index >= 15 is 0 Å². The lowest BCUT2D eigenvalue weighted by Crippen LogP contribution is -2.58. The predicted octanol–water partition coefficient (Wildman–Crippen LogP) is 1.69. The molecule has 6 heteroatoms. The van der Waals surface area contributed by atoms with Crippen molar-refractivity contribution in [3.05, 3.63) is 28.8 Å². The molecule has 1 unspecified atom stereocenters. The fraction of sp³-hybridized carbons (Fsp3) is 0.467. The van der Waals surface area contributed by atoms with Crippen LogP contribution in [0.5, 0.6) is 0 Å². The molecule has 0 aliphatic carbocycles. The maximum atomic E-state index is 12.0. The molecule has 0 spiro atoms. The summed E-state index contributed by atoms with van der Waals surface area (Å²) in [7, 11) is 0. The Hall–Kier alpha value is -1.59. The minimum atomic E-state index is -0.346. The Balaban J connectivity index is 2.40. The fourth-order valence-electron chi connectivity index (χ4n) is 2.57. The molecule has 1 fully saturated rings. The van der Waals surface area contributed by atoms with E-state index in [2.05, 4.69) is 10.6 Å². The van der Waals surface area contributed by atoms with Gasteiger partial charge in [0, 0.05) is 22.8 Å². The van der Waals surface area contributed by atoms with Crippen LogP contribution in [0.4, 0.5) is 5.69 Å². The highest BCUT2D eigenvalue weighted by Crippen LogP contribution is 2.30. The average Bonchev–Trinajstić information content (AvgIpc) is 2.45. The van der Waals surface area contributed by atoms with E-state index in [0.717, 1.165) is 17.8 Å². The van der Waals surface area contributed by atoms with Crippen LogP contribution in [0.15, 0.2) is 18.2 Å². The number of nitrogens with one attached hydrogen (secondary N) is 2. The summed E-state index contributed by atoms with van der Waals surface area (Å²) in [5.74, 6) is -0.526. The van der Waals surface area contributed by atoms with Crippen molar-refractivity contribution in [3.8, 4) is 0 Å². The van der Waals surface area contributed by atoms with E-state index in [1.165, 1.54) is 0 Å². The Kier molecular flexibility index (Phi) is 5.20. The smallest absolute Gasteiger partial charge is 0.249 e. The van der Waals surface area contributed by atoms with Crippen molar-refractivity contribution in [2.24, 2.45) is 0 Å². The zero-order chi connectivity index (χ0) is 15.4. The summed E-state index contributed by atoms with van der Waals surface area (Å²) in [6.45, 7) is 5.55. The van der Waals surface area contributed by atoms with Gasteiger partial charge in [-0.05, 0) is 25.1 Å². The van der Waals surface area contributed by atoms with Crippen molar-refractivity contribution >= 4 is 29.1 Å². The third-order valence-corrected chi connectivity index (χ3v) is 3.95. The van der Waals surface area contributed by atoms with Gasteiger partial charge in [-0.1, -0.05) is 31.5 Å².